The maximum absolute atomic E-state index is 5.91. The lowest BCUT2D eigenvalue weighted by molar-refractivity contribution is -0.0468. The lowest BCUT2D eigenvalue weighted by Gasteiger charge is -2.39. The Morgan fingerprint density at radius 1 is 1.00 bits per heavy atom. The minimum absolute atomic E-state index is 0.0700. The fraction of sp³-hybridized carbons (Fsp3) is 0.667. The third-order valence-corrected chi connectivity index (χ3v) is 4.56. The molecule has 0 saturated carbocycles. The summed E-state index contributed by atoms with van der Waals surface area (Å²) in [6.45, 7) is 9.78. The predicted octanol–water partition coefficient (Wildman–Crippen LogP) is 3.97. The average molecular weight is 277 g/mol. The molecule has 2 heteroatoms. The smallest absolute Gasteiger partial charge is 0.0828 e. The van der Waals surface area contributed by atoms with Crippen molar-refractivity contribution >= 4 is 0 Å². The second-order valence-electron chi connectivity index (χ2n) is 5.46. The van der Waals surface area contributed by atoms with Crippen molar-refractivity contribution in [1.82, 2.24) is 5.32 Å². The molecule has 1 atom stereocenters. The Labute approximate surface area is 124 Å². The van der Waals surface area contributed by atoms with Crippen molar-refractivity contribution in [2.45, 2.75) is 65.0 Å². The van der Waals surface area contributed by atoms with E-state index < -0.39 is 0 Å². The van der Waals surface area contributed by atoms with Gasteiger partial charge in [0.2, 0.25) is 0 Å². The molecular formula is C18H31NO. The summed E-state index contributed by atoms with van der Waals surface area (Å²) in [6.07, 6.45) is 4.19. The molecule has 0 heterocycles. The maximum Gasteiger partial charge on any atom is 0.0828 e. The summed E-state index contributed by atoms with van der Waals surface area (Å²) in [4.78, 5) is 0. The second-order valence-corrected chi connectivity index (χ2v) is 5.46. The third-order valence-electron chi connectivity index (χ3n) is 4.56. The van der Waals surface area contributed by atoms with E-state index in [0.717, 1.165) is 32.2 Å². The van der Waals surface area contributed by atoms with Gasteiger partial charge in [0.15, 0.2) is 0 Å². The monoisotopic (exact) mass is 277 g/mol. The number of rotatable bonds is 9. The SMILES string of the molecule is CCNC(Cc1ccc(CC)cc1)C(CC)(CC)OC. The van der Waals surface area contributed by atoms with Gasteiger partial charge in [-0.05, 0) is 43.4 Å². The van der Waals surface area contributed by atoms with Gasteiger partial charge in [0, 0.05) is 13.2 Å². The molecular weight excluding hydrogens is 246 g/mol. The average Bonchev–Trinajstić information content (AvgIpc) is 2.50. The highest BCUT2D eigenvalue weighted by atomic mass is 16.5. The molecule has 0 saturated heterocycles. The molecule has 0 aliphatic carbocycles. The molecule has 1 unspecified atom stereocenters. The quantitative estimate of drug-likeness (QED) is 0.737. The molecule has 0 amide bonds. The molecule has 0 fully saturated rings. The van der Waals surface area contributed by atoms with Gasteiger partial charge in [-0.3, -0.25) is 0 Å². The summed E-state index contributed by atoms with van der Waals surface area (Å²) in [6, 6.07) is 9.36. The van der Waals surface area contributed by atoms with E-state index in [1.54, 1.807) is 0 Å². The molecule has 1 aromatic rings. The number of aryl methyl sites for hydroxylation is 1. The minimum atomic E-state index is -0.0700. The van der Waals surface area contributed by atoms with Crippen LogP contribution in [0, 0.1) is 0 Å². The van der Waals surface area contributed by atoms with Crippen molar-refractivity contribution < 1.29 is 4.74 Å². The Balaban J connectivity index is 2.89. The van der Waals surface area contributed by atoms with Crippen molar-refractivity contribution in [3.05, 3.63) is 35.4 Å². The number of nitrogens with one attached hydrogen (secondary N) is 1. The van der Waals surface area contributed by atoms with Gasteiger partial charge in [-0.15, -0.1) is 0 Å². The van der Waals surface area contributed by atoms with E-state index in [-0.39, 0.29) is 5.60 Å². The van der Waals surface area contributed by atoms with Crippen molar-refractivity contribution in [1.29, 1.82) is 0 Å². The number of ether oxygens (including phenoxy) is 1. The van der Waals surface area contributed by atoms with Crippen molar-refractivity contribution in [2.24, 2.45) is 0 Å². The zero-order valence-electron chi connectivity index (χ0n) is 13.8. The lowest BCUT2D eigenvalue weighted by atomic mass is 9.84. The largest absolute Gasteiger partial charge is 0.377 e. The van der Waals surface area contributed by atoms with Gasteiger partial charge in [-0.2, -0.15) is 0 Å². The minimum Gasteiger partial charge on any atom is -0.377 e. The topological polar surface area (TPSA) is 21.3 Å². The van der Waals surface area contributed by atoms with E-state index in [4.69, 9.17) is 4.74 Å². The molecule has 20 heavy (non-hydrogen) atoms. The van der Waals surface area contributed by atoms with Crippen LogP contribution >= 0.6 is 0 Å². The molecule has 114 valence electrons. The third kappa shape index (κ3) is 4.07. The second kappa shape index (κ2) is 8.43. The number of benzene rings is 1. The molecule has 0 aliphatic heterocycles. The van der Waals surface area contributed by atoms with Crippen LogP contribution in [0.1, 0.15) is 51.7 Å². The highest BCUT2D eigenvalue weighted by Crippen LogP contribution is 2.26. The first-order chi connectivity index (χ1) is 9.65. The van der Waals surface area contributed by atoms with E-state index in [1.165, 1.54) is 11.1 Å². The van der Waals surface area contributed by atoms with E-state index >= 15 is 0 Å². The van der Waals surface area contributed by atoms with Crippen LogP contribution in [0.2, 0.25) is 0 Å². The Morgan fingerprint density at radius 2 is 1.55 bits per heavy atom. The Bertz CT molecular complexity index is 359. The highest BCUT2D eigenvalue weighted by molar-refractivity contribution is 5.23. The van der Waals surface area contributed by atoms with Gasteiger partial charge >= 0.3 is 0 Å². The first-order valence-corrected chi connectivity index (χ1v) is 8.02. The van der Waals surface area contributed by atoms with Crippen LogP contribution in [0.3, 0.4) is 0 Å². The summed E-state index contributed by atoms with van der Waals surface area (Å²) >= 11 is 0. The van der Waals surface area contributed by atoms with Gasteiger partial charge in [0.05, 0.1) is 5.60 Å². The van der Waals surface area contributed by atoms with E-state index in [9.17, 15) is 0 Å². The fourth-order valence-electron chi connectivity index (χ4n) is 3.01. The van der Waals surface area contributed by atoms with Crippen LogP contribution in [-0.4, -0.2) is 25.3 Å². The Kier molecular flexibility index (Phi) is 7.25. The lowest BCUT2D eigenvalue weighted by Crippen LogP contribution is -2.52. The zero-order chi connectivity index (χ0) is 15.0. The molecule has 0 radical (unpaired) electrons. The normalized spacial score (nSPS) is 13.4. The van der Waals surface area contributed by atoms with Crippen molar-refractivity contribution in [3.63, 3.8) is 0 Å². The van der Waals surface area contributed by atoms with Crippen LogP contribution in [0.5, 0.6) is 0 Å². The van der Waals surface area contributed by atoms with Crippen LogP contribution < -0.4 is 5.32 Å². The number of hydrogen-bond donors (Lipinski definition) is 1. The van der Waals surface area contributed by atoms with E-state index in [2.05, 4.69) is 57.3 Å². The summed E-state index contributed by atoms with van der Waals surface area (Å²) in [5, 5.41) is 3.63. The molecule has 1 rings (SSSR count). The van der Waals surface area contributed by atoms with Crippen molar-refractivity contribution in [2.75, 3.05) is 13.7 Å². The van der Waals surface area contributed by atoms with Crippen LogP contribution in [0.4, 0.5) is 0 Å². The Hall–Kier alpha value is -0.860. The molecule has 0 aliphatic rings. The standard InChI is InChI=1S/C18H31NO/c1-6-15-10-12-16(13-11-15)14-17(19-9-4)18(7-2,8-3)20-5/h10-13,17,19H,6-9,14H2,1-5H3. The van der Waals surface area contributed by atoms with Crippen LogP contribution in [0.15, 0.2) is 24.3 Å². The molecule has 1 aromatic carbocycles. The summed E-state index contributed by atoms with van der Waals surface area (Å²) < 4.78 is 5.91. The molecule has 0 aromatic heterocycles. The van der Waals surface area contributed by atoms with Gasteiger partial charge in [-0.25, -0.2) is 0 Å². The predicted molar refractivity (Wildman–Crippen MR) is 87.3 cm³/mol. The molecule has 2 nitrogen and oxygen atoms in total. The van der Waals surface area contributed by atoms with E-state index in [1.807, 2.05) is 7.11 Å². The Morgan fingerprint density at radius 3 is 1.95 bits per heavy atom. The number of hydrogen-bond acceptors (Lipinski definition) is 2. The van der Waals surface area contributed by atoms with Gasteiger partial charge in [0.1, 0.15) is 0 Å². The molecule has 0 spiro atoms. The number of likely N-dealkylation sites (N-methyl/N-ethyl adjacent to an activating group) is 1. The summed E-state index contributed by atoms with van der Waals surface area (Å²) in [5.41, 5.74) is 2.72. The van der Waals surface area contributed by atoms with Crippen molar-refractivity contribution in [3.8, 4) is 0 Å². The summed E-state index contributed by atoms with van der Waals surface area (Å²) in [7, 11) is 1.84. The first kappa shape index (κ1) is 17.2. The zero-order valence-corrected chi connectivity index (χ0v) is 13.8. The molecule has 1 N–H and O–H groups in total. The van der Waals surface area contributed by atoms with Crippen LogP contribution in [0.25, 0.3) is 0 Å². The molecule has 0 bridgehead atoms. The van der Waals surface area contributed by atoms with E-state index in [0.29, 0.717) is 6.04 Å². The summed E-state index contributed by atoms with van der Waals surface area (Å²) in [5.74, 6) is 0. The van der Waals surface area contributed by atoms with Crippen LogP contribution in [-0.2, 0) is 17.6 Å². The van der Waals surface area contributed by atoms with Gasteiger partial charge in [0.25, 0.3) is 0 Å². The first-order valence-electron chi connectivity index (χ1n) is 8.02. The van der Waals surface area contributed by atoms with Gasteiger partial charge in [-0.1, -0.05) is 52.0 Å². The maximum atomic E-state index is 5.91. The highest BCUT2D eigenvalue weighted by Gasteiger charge is 2.35. The fourth-order valence-corrected chi connectivity index (χ4v) is 3.01. The van der Waals surface area contributed by atoms with Gasteiger partial charge < -0.3 is 10.1 Å². The number of methoxy groups -OCH3 is 1.